The zero-order chi connectivity index (χ0) is 24.9. The van der Waals surface area contributed by atoms with Crippen LogP contribution < -0.4 is 9.47 Å². The van der Waals surface area contributed by atoms with Gasteiger partial charge in [-0.25, -0.2) is 4.98 Å². The smallest absolute Gasteiger partial charge is 0.253 e. The van der Waals surface area contributed by atoms with E-state index in [1.165, 1.54) is 5.56 Å². The van der Waals surface area contributed by atoms with Gasteiger partial charge in [0.1, 0.15) is 23.8 Å². The van der Waals surface area contributed by atoms with Gasteiger partial charge in [0.2, 0.25) is 0 Å². The fraction of sp³-hybridized carbons (Fsp3) is 0.310. The van der Waals surface area contributed by atoms with Gasteiger partial charge in [-0.1, -0.05) is 18.2 Å². The summed E-state index contributed by atoms with van der Waals surface area (Å²) in [5.41, 5.74) is 4.88. The first-order chi connectivity index (χ1) is 17.6. The van der Waals surface area contributed by atoms with Crippen molar-refractivity contribution in [3.05, 3.63) is 95.4 Å². The molecule has 186 valence electrons. The molecule has 1 fully saturated rings. The molecule has 0 bridgehead atoms. The van der Waals surface area contributed by atoms with Crippen molar-refractivity contribution in [1.29, 1.82) is 0 Å². The van der Waals surface area contributed by atoms with E-state index < -0.39 is 0 Å². The lowest BCUT2D eigenvalue weighted by atomic mass is 10.2. The molecule has 1 aliphatic rings. The van der Waals surface area contributed by atoms with Crippen molar-refractivity contribution in [2.24, 2.45) is 0 Å². The highest BCUT2D eigenvalue weighted by Gasteiger charge is 2.20. The number of aryl methyl sites for hydroxylation is 1. The van der Waals surface area contributed by atoms with E-state index in [1.54, 1.807) is 7.11 Å². The molecule has 0 radical (unpaired) electrons. The Morgan fingerprint density at radius 1 is 0.944 bits per heavy atom. The minimum atomic E-state index is 0.0728. The van der Waals surface area contributed by atoms with Gasteiger partial charge in [-0.3, -0.25) is 9.69 Å². The molecule has 0 aliphatic carbocycles. The van der Waals surface area contributed by atoms with Gasteiger partial charge in [0.05, 0.1) is 12.8 Å². The van der Waals surface area contributed by atoms with E-state index >= 15 is 0 Å². The highest BCUT2D eigenvalue weighted by atomic mass is 16.5. The maximum atomic E-state index is 13.1. The quantitative estimate of drug-likeness (QED) is 0.384. The van der Waals surface area contributed by atoms with Gasteiger partial charge in [-0.05, 0) is 66.9 Å². The van der Waals surface area contributed by atoms with Crippen LogP contribution in [0.1, 0.15) is 33.6 Å². The molecule has 5 rings (SSSR count). The van der Waals surface area contributed by atoms with Crippen molar-refractivity contribution in [3.8, 4) is 11.5 Å². The molecule has 0 spiro atoms. The lowest BCUT2D eigenvalue weighted by Crippen LogP contribution is -2.35. The van der Waals surface area contributed by atoms with Gasteiger partial charge in [0.15, 0.2) is 0 Å². The van der Waals surface area contributed by atoms with Crippen molar-refractivity contribution >= 4 is 11.6 Å². The second-order valence-electron chi connectivity index (χ2n) is 9.24. The minimum absolute atomic E-state index is 0.0728. The van der Waals surface area contributed by atoms with E-state index in [9.17, 15) is 4.79 Å². The first-order valence-corrected chi connectivity index (χ1v) is 12.4. The molecule has 7 nitrogen and oxygen atoms in total. The third kappa shape index (κ3) is 5.52. The lowest BCUT2D eigenvalue weighted by molar-refractivity contribution is 0.0761. The van der Waals surface area contributed by atoms with Crippen LogP contribution in [0.15, 0.2) is 73.1 Å². The van der Waals surface area contributed by atoms with E-state index in [2.05, 4.69) is 22.0 Å². The predicted molar refractivity (Wildman–Crippen MR) is 139 cm³/mol. The predicted octanol–water partition coefficient (Wildman–Crippen LogP) is 4.58. The summed E-state index contributed by atoms with van der Waals surface area (Å²) in [5, 5.41) is 0. The summed E-state index contributed by atoms with van der Waals surface area (Å²) in [6, 6.07) is 19.7. The second-order valence-corrected chi connectivity index (χ2v) is 9.24. The average Bonchev–Trinajstić information content (AvgIpc) is 3.20. The highest BCUT2D eigenvalue weighted by Crippen LogP contribution is 2.18. The van der Waals surface area contributed by atoms with Crippen LogP contribution in [-0.2, 0) is 13.2 Å². The van der Waals surface area contributed by atoms with Crippen LogP contribution in [0.3, 0.4) is 0 Å². The summed E-state index contributed by atoms with van der Waals surface area (Å²) in [5.74, 6) is 1.67. The largest absolute Gasteiger partial charge is 0.497 e. The molecule has 36 heavy (non-hydrogen) atoms. The first-order valence-electron chi connectivity index (χ1n) is 12.4. The lowest BCUT2D eigenvalue weighted by Gasteiger charge is -2.22. The number of ether oxygens (including phenoxy) is 2. The number of rotatable bonds is 7. The zero-order valence-corrected chi connectivity index (χ0v) is 20.9. The molecule has 0 atom stereocenters. The number of aromatic nitrogens is 2. The Balaban J connectivity index is 1.14. The van der Waals surface area contributed by atoms with Gasteiger partial charge < -0.3 is 18.8 Å². The Hall–Kier alpha value is -3.84. The molecule has 0 unspecified atom stereocenters. The molecule has 4 aromatic rings. The Morgan fingerprint density at radius 3 is 2.47 bits per heavy atom. The standard InChI is InChI=1S/C29H32N4O3/c1-22-5-3-15-33-20-25(30-28(22)33)21-36-27-12-8-24(9-13-27)29(34)32-16-4-14-31(17-18-32)19-23-6-10-26(35-2)11-7-23/h3,5-13,15,20H,4,14,16-19,21H2,1-2H3. The number of carbonyl (C=O) groups is 1. The van der Waals surface area contributed by atoms with Crippen LogP contribution in [-0.4, -0.2) is 58.4 Å². The third-order valence-electron chi connectivity index (χ3n) is 6.66. The van der Waals surface area contributed by atoms with E-state index in [1.807, 2.05) is 77.1 Å². The van der Waals surface area contributed by atoms with Crippen LogP contribution in [0.4, 0.5) is 0 Å². The third-order valence-corrected chi connectivity index (χ3v) is 6.66. The topological polar surface area (TPSA) is 59.3 Å². The number of hydrogen-bond donors (Lipinski definition) is 0. The van der Waals surface area contributed by atoms with Gasteiger partial charge >= 0.3 is 0 Å². The molecule has 7 heteroatoms. The first kappa shape index (κ1) is 23.9. The molecular formula is C29H32N4O3. The number of methoxy groups -OCH3 is 1. The summed E-state index contributed by atoms with van der Waals surface area (Å²) in [6.07, 6.45) is 4.93. The summed E-state index contributed by atoms with van der Waals surface area (Å²) >= 11 is 0. The van der Waals surface area contributed by atoms with Crippen LogP contribution in [0.25, 0.3) is 5.65 Å². The van der Waals surface area contributed by atoms with Gasteiger partial charge in [0, 0.05) is 50.7 Å². The number of amides is 1. The fourth-order valence-corrected chi connectivity index (χ4v) is 4.63. The number of fused-ring (bicyclic) bond motifs is 1. The number of imidazole rings is 1. The van der Waals surface area contributed by atoms with Gasteiger partial charge in [-0.2, -0.15) is 0 Å². The number of carbonyl (C=O) groups excluding carboxylic acids is 1. The maximum absolute atomic E-state index is 13.1. The van der Waals surface area contributed by atoms with E-state index in [-0.39, 0.29) is 5.91 Å². The van der Waals surface area contributed by atoms with E-state index in [0.29, 0.717) is 12.2 Å². The Morgan fingerprint density at radius 2 is 1.72 bits per heavy atom. The molecule has 3 heterocycles. The average molecular weight is 485 g/mol. The SMILES string of the molecule is COc1ccc(CN2CCCN(C(=O)c3ccc(OCc4cn5cccc(C)c5n4)cc3)CC2)cc1. The molecule has 0 N–H and O–H groups in total. The number of benzene rings is 2. The van der Waals surface area contributed by atoms with Crippen LogP contribution in [0, 0.1) is 6.92 Å². The molecular weight excluding hydrogens is 452 g/mol. The van der Waals surface area contributed by atoms with Crippen molar-refractivity contribution < 1.29 is 14.3 Å². The van der Waals surface area contributed by atoms with E-state index in [0.717, 1.165) is 67.5 Å². The Kier molecular flexibility index (Phi) is 7.18. The van der Waals surface area contributed by atoms with Crippen LogP contribution >= 0.6 is 0 Å². The molecule has 2 aromatic heterocycles. The van der Waals surface area contributed by atoms with Crippen molar-refractivity contribution in [2.45, 2.75) is 26.5 Å². The zero-order valence-electron chi connectivity index (χ0n) is 20.9. The normalized spacial score (nSPS) is 14.6. The molecule has 1 amide bonds. The van der Waals surface area contributed by atoms with Crippen molar-refractivity contribution in [1.82, 2.24) is 19.2 Å². The Labute approximate surface area is 211 Å². The number of hydrogen-bond acceptors (Lipinski definition) is 5. The fourth-order valence-electron chi connectivity index (χ4n) is 4.63. The molecule has 0 saturated carbocycles. The second kappa shape index (κ2) is 10.8. The van der Waals surface area contributed by atoms with Gasteiger partial charge in [-0.15, -0.1) is 0 Å². The molecule has 2 aromatic carbocycles. The van der Waals surface area contributed by atoms with E-state index in [4.69, 9.17) is 9.47 Å². The van der Waals surface area contributed by atoms with Crippen LogP contribution in [0.5, 0.6) is 11.5 Å². The summed E-state index contributed by atoms with van der Waals surface area (Å²) < 4.78 is 13.2. The number of nitrogens with zero attached hydrogens (tertiary/aromatic N) is 4. The van der Waals surface area contributed by atoms with Crippen molar-refractivity contribution in [3.63, 3.8) is 0 Å². The highest BCUT2D eigenvalue weighted by molar-refractivity contribution is 5.94. The summed E-state index contributed by atoms with van der Waals surface area (Å²) in [6.45, 7) is 6.63. The summed E-state index contributed by atoms with van der Waals surface area (Å²) in [7, 11) is 1.68. The molecule has 1 saturated heterocycles. The Bertz CT molecular complexity index is 1310. The van der Waals surface area contributed by atoms with Crippen LogP contribution in [0.2, 0.25) is 0 Å². The minimum Gasteiger partial charge on any atom is -0.497 e. The summed E-state index contributed by atoms with van der Waals surface area (Å²) in [4.78, 5) is 22.2. The maximum Gasteiger partial charge on any atom is 0.253 e. The van der Waals surface area contributed by atoms with Gasteiger partial charge in [0.25, 0.3) is 5.91 Å². The number of pyridine rings is 1. The van der Waals surface area contributed by atoms with Crippen molar-refractivity contribution in [2.75, 3.05) is 33.3 Å². The monoisotopic (exact) mass is 484 g/mol. The molecule has 1 aliphatic heterocycles.